The minimum absolute atomic E-state index is 0.324. The van der Waals surface area contributed by atoms with Gasteiger partial charge in [-0.05, 0) is 0 Å². The van der Waals surface area contributed by atoms with Crippen molar-refractivity contribution in [2.45, 2.75) is 42.1 Å². The first-order chi connectivity index (χ1) is 4.64. The van der Waals surface area contributed by atoms with Gasteiger partial charge in [0.2, 0.25) is 0 Å². The van der Waals surface area contributed by atoms with Gasteiger partial charge < -0.3 is 0 Å². The predicted molar refractivity (Wildman–Crippen MR) is 38.8 cm³/mol. The first kappa shape index (κ1) is 8.78. The average molecular weight is 255 g/mol. The normalized spacial score (nSPS) is 42.1. The zero-order valence-electron chi connectivity index (χ0n) is 6.73. The first-order valence-electron chi connectivity index (χ1n) is 3.84. The molecule has 0 amide bonds. The number of halogens is 1. The number of hydrogen-bond acceptors (Lipinski definition) is 1. The maximum atomic E-state index is 9.60. The van der Waals surface area contributed by atoms with Crippen molar-refractivity contribution in [2.24, 2.45) is 0 Å². The van der Waals surface area contributed by atoms with E-state index >= 15 is 0 Å². The molecule has 0 bridgehead atoms. The molecule has 1 aliphatic carbocycles. The standard InChI is InChI=1S/C8H16IO/c1-8(10)5-3-7(9-2)4-6-8/h7,10H,3-6H2,1-2H3/q-1. The van der Waals surface area contributed by atoms with Crippen LogP contribution in [0.2, 0.25) is 0 Å². The summed E-state index contributed by atoms with van der Waals surface area (Å²) in [7, 11) is 0. The second-order valence-corrected chi connectivity index (χ2v) is 6.40. The van der Waals surface area contributed by atoms with Crippen LogP contribution in [0.4, 0.5) is 0 Å². The molecule has 1 saturated carbocycles. The molecule has 0 aromatic heterocycles. The fourth-order valence-corrected chi connectivity index (χ4v) is 3.29. The zero-order chi connectivity index (χ0) is 7.61. The molecule has 0 spiro atoms. The Labute approximate surface area is 73.5 Å². The van der Waals surface area contributed by atoms with Gasteiger partial charge in [-0.25, -0.2) is 0 Å². The molecule has 0 aromatic carbocycles. The van der Waals surface area contributed by atoms with Crippen LogP contribution in [0, 0.1) is 0 Å². The van der Waals surface area contributed by atoms with Gasteiger partial charge in [0, 0.05) is 0 Å². The summed E-state index contributed by atoms with van der Waals surface area (Å²) in [4.78, 5) is 2.35. The molecule has 2 heteroatoms. The Bertz CT molecular complexity index is 102. The summed E-state index contributed by atoms with van der Waals surface area (Å²) in [5.41, 5.74) is -0.324. The van der Waals surface area contributed by atoms with Crippen molar-refractivity contribution >= 4 is 0 Å². The topological polar surface area (TPSA) is 20.2 Å². The second kappa shape index (κ2) is 3.39. The Kier molecular flexibility index (Phi) is 2.98. The van der Waals surface area contributed by atoms with E-state index in [1.165, 1.54) is 12.8 Å². The van der Waals surface area contributed by atoms with Crippen LogP contribution in [0.1, 0.15) is 32.6 Å². The number of hydrogen-bond donors (Lipinski definition) is 1. The van der Waals surface area contributed by atoms with E-state index in [9.17, 15) is 5.11 Å². The number of aliphatic hydroxyl groups is 1. The van der Waals surface area contributed by atoms with Crippen LogP contribution in [0.5, 0.6) is 0 Å². The van der Waals surface area contributed by atoms with Gasteiger partial charge in [-0.2, -0.15) is 0 Å². The molecule has 0 aromatic rings. The Morgan fingerprint density at radius 3 is 2.30 bits per heavy atom. The van der Waals surface area contributed by atoms with E-state index < -0.39 is 0 Å². The Morgan fingerprint density at radius 2 is 1.90 bits per heavy atom. The molecule has 62 valence electrons. The molecule has 0 unspecified atom stereocenters. The zero-order valence-corrected chi connectivity index (χ0v) is 8.89. The van der Waals surface area contributed by atoms with Crippen LogP contribution in [0.15, 0.2) is 0 Å². The third-order valence-corrected chi connectivity index (χ3v) is 5.31. The van der Waals surface area contributed by atoms with Crippen LogP contribution in [0.3, 0.4) is 0 Å². The Morgan fingerprint density at radius 1 is 1.40 bits per heavy atom. The summed E-state index contributed by atoms with van der Waals surface area (Å²) in [6, 6.07) is 0. The molecule has 0 aliphatic heterocycles. The van der Waals surface area contributed by atoms with E-state index in [0.717, 1.165) is 16.8 Å². The molecule has 1 aliphatic rings. The van der Waals surface area contributed by atoms with E-state index in [0.29, 0.717) is 21.2 Å². The Balaban J connectivity index is 2.31. The molecule has 1 rings (SSSR count). The third-order valence-electron chi connectivity index (χ3n) is 2.30. The van der Waals surface area contributed by atoms with Crippen molar-refractivity contribution in [1.29, 1.82) is 0 Å². The quantitative estimate of drug-likeness (QED) is 0.442. The molecular formula is C8H16IO-. The van der Waals surface area contributed by atoms with Gasteiger partial charge in [-0.1, -0.05) is 0 Å². The van der Waals surface area contributed by atoms with Gasteiger partial charge in [0.15, 0.2) is 0 Å². The maximum absolute atomic E-state index is 9.60. The summed E-state index contributed by atoms with van der Waals surface area (Å²) in [6.07, 6.45) is 4.62. The predicted octanol–water partition coefficient (Wildman–Crippen LogP) is -1.60. The minimum atomic E-state index is -0.324. The van der Waals surface area contributed by atoms with E-state index in [1.54, 1.807) is 0 Å². The average Bonchev–Trinajstić information content (AvgIpc) is 1.88. The molecule has 1 nitrogen and oxygen atoms in total. The fraction of sp³-hybridized carbons (Fsp3) is 1.00. The molecule has 1 N–H and O–H groups in total. The SMILES string of the molecule is C[I-]C1CCC(C)(O)CC1. The Hall–Kier alpha value is 0.690. The molecule has 0 atom stereocenters. The van der Waals surface area contributed by atoms with Gasteiger partial charge in [0.05, 0.1) is 0 Å². The first-order valence-corrected chi connectivity index (χ1v) is 7.25. The molecular weight excluding hydrogens is 239 g/mol. The summed E-state index contributed by atoms with van der Waals surface area (Å²) in [5.74, 6) is 0. The van der Waals surface area contributed by atoms with Crippen molar-refractivity contribution in [2.75, 3.05) is 4.93 Å². The fourth-order valence-electron chi connectivity index (χ4n) is 1.42. The van der Waals surface area contributed by atoms with Crippen LogP contribution < -0.4 is 21.2 Å². The van der Waals surface area contributed by atoms with Crippen LogP contribution in [0.25, 0.3) is 0 Å². The van der Waals surface area contributed by atoms with Gasteiger partial charge in [0.25, 0.3) is 0 Å². The van der Waals surface area contributed by atoms with Gasteiger partial charge in [0.1, 0.15) is 0 Å². The van der Waals surface area contributed by atoms with Crippen LogP contribution >= 0.6 is 0 Å². The molecule has 10 heavy (non-hydrogen) atoms. The van der Waals surface area contributed by atoms with E-state index in [2.05, 4.69) is 4.93 Å². The van der Waals surface area contributed by atoms with E-state index in [4.69, 9.17) is 0 Å². The van der Waals surface area contributed by atoms with Crippen molar-refractivity contribution in [3.8, 4) is 0 Å². The van der Waals surface area contributed by atoms with E-state index in [1.807, 2.05) is 6.92 Å². The van der Waals surface area contributed by atoms with Crippen LogP contribution in [-0.2, 0) is 0 Å². The van der Waals surface area contributed by atoms with Gasteiger partial charge in [-0.15, -0.1) is 0 Å². The van der Waals surface area contributed by atoms with Crippen molar-refractivity contribution < 1.29 is 26.3 Å². The molecule has 0 radical (unpaired) electrons. The third kappa shape index (κ3) is 2.38. The summed E-state index contributed by atoms with van der Waals surface area (Å²) < 4.78 is 0.999. The van der Waals surface area contributed by atoms with Crippen molar-refractivity contribution in [3.05, 3.63) is 0 Å². The summed E-state index contributed by atoms with van der Waals surface area (Å²) >= 11 is 0.433. The van der Waals surface area contributed by atoms with Crippen LogP contribution in [-0.4, -0.2) is 19.6 Å². The number of rotatable bonds is 1. The summed E-state index contributed by atoms with van der Waals surface area (Å²) in [6.45, 7) is 1.97. The molecule has 0 saturated heterocycles. The molecule has 1 fully saturated rings. The summed E-state index contributed by atoms with van der Waals surface area (Å²) in [5, 5.41) is 9.60. The van der Waals surface area contributed by atoms with Gasteiger partial charge in [-0.3, -0.25) is 0 Å². The van der Waals surface area contributed by atoms with Crippen molar-refractivity contribution in [3.63, 3.8) is 0 Å². The van der Waals surface area contributed by atoms with Gasteiger partial charge >= 0.3 is 73.4 Å². The number of alkyl halides is 2. The monoisotopic (exact) mass is 255 g/mol. The second-order valence-electron chi connectivity index (χ2n) is 3.39. The van der Waals surface area contributed by atoms with Crippen molar-refractivity contribution in [1.82, 2.24) is 0 Å². The van der Waals surface area contributed by atoms with E-state index in [-0.39, 0.29) is 5.60 Å². The molecule has 0 heterocycles.